The van der Waals surface area contributed by atoms with Crippen molar-refractivity contribution in [2.45, 2.75) is 32.1 Å². The number of nitrogens with zero attached hydrogens (tertiary/aromatic N) is 3. The van der Waals surface area contributed by atoms with Gasteiger partial charge in [-0.2, -0.15) is 0 Å². The van der Waals surface area contributed by atoms with Crippen molar-refractivity contribution in [2.24, 2.45) is 0 Å². The number of benzene rings is 5. The second kappa shape index (κ2) is 10.2. The summed E-state index contributed by atoms with van der Waals surface area (Å²) in [6.07, 6.45) is 4.24. The Balaban J connectivity index is 1.24. The summed E-state index contributed by atoms with van der Waals surface area (Å²) in [5, 5.41) is 1.12. The molecule has 7 aromatic rings. The predicted molar refractivity (Wildman–Crippen MR) is 185 cm³/mol. The normalized spacial score (nSPS) is 14.4. The first-order valence-electron chi connectivity index (χ1n) is 15.9. The van der Waals surface area contributed by atoms with E-state index >= 15 is 0 Å². The SMILES string of the molecule is CC1(C)c2ccccc2-c2c(C3=CCCc4c3oc3c(-c5nc(-c6ccccc6)nc(-c6ccccc6)n5)cccc43)cccc21. The van der Waals surface area contributed by atoms with Crippen molar-refractivity contribution >= 4 is 16.5 Å². The topological polar surface area (TPSA) is 51.8 Å². The van der Waals surface area contributed by atoms with Gasteiger partial charge in [-0.05, 0) is 46.7 Å². The Kier molecular flexibility index (Phi) is 5.94. The first-order valence-corrected chi connectivity index (χ1v) is 15.9. The first kappa shape index (κ1) is 26.8. The third-order valence-electron chi connectivity index (χ3n) is 9.64. The van der Waals surface area contributed by atoms with E-state index in [2.05, 4.69) is 80.6 Å². The van der Waals surface area contributed by atoms with Crippen LogP contribution in [0, 0.1) is 0 Å². The van der Waals surface area contributed by atoms with Gasteiger partial charge >= 0.3 is 0 Å². The highest BCUT2D eigenvalue weighted by Crippen LogP contribution is 2.52. The molecule has 0 fully saturated rings. The summed E-state index contributed by atoms with van der Waals surface area (Å²) < 4.78 is 6.97. The van der Waals surface area contributed by atoms with Crippen LogP contribution in [0.5, 0.6) is 0 Å². The zero-order valence-corrected chi connectivity index (χ0v) is 25.8. The lowest BCUT2D eigenvalue weighted by molar-refractivity contribution is 0.591. The van der Waals surface area contributed by atoms with Gasteiger partial charge in [0, 0.05) is 33.1 Å². The number of fused-ring (bicyclic) bond motifs is 6. The monoisotopic (exact) mass is 593 g/mol. The van der Waals surface area contributed by atoms with Crippen molar-refractivity contribution in [1.82, 2.24) is 15.0 Å². The molecular weight excluding hydrogens is 562 g/mol. The number of aryl methyl sites for hydroxylation is 1. The van der Waals surface area contributed by atoms with Crippen LogP contribution in [0.15, 0.2) is 132 Å². The smallest absolute Gasteiger partial charge is 0.167 e. The van der Waals surface area contributed by atoms with Crippen LogP contribution in [0.2, 0.25) is 0 Å². The van der Waals surface area contributed by atoms with Crippen molar-refractivity contribution in [2.75, 3.05) is 0 Å². The predicted octanol–water partition coefficient (Wildman–Crippen LogP) is 10.3. The number of furan rings is 1. The van der Waals surface area contributed by atoms with Crippen molar-refractivity contribution in [3.8, 4) is 45.3 Å². The summed E-state index contributed by atoms with van der Waals surface area (Å²) in [7, 11) is 0. The maximum absolute atomic E-state index is 6.97. The molecule has 4 heteroatoms. The molecule has 0 bridgehead atoms. The van der Waals surface area contributed by atoms with E-state index in [1.807, 2.05) is 60.7 Å². The van der Waals surface area contributed by atoms with E-state index in [4.69, 9.17) is 19.4 Å². The number of hydrogen-bond donors (Lipinski definition) is 0. The third-order valence-corrected chi connectivity index (χ3v) is 9.64. The fourth-order valence-corrected chi connectivity index (χ4v) is 7.41. The average Bonchev–Trinajstić information content (AvgIpc) is 3.61. The third kappa shape index (κ3) is 4.03. The molecule has 46 heavy (non-hydrogen) atoms. The van der Waals surface area contributed by atoms with E-state index in [9.17, 15) is 0 Å². The summed E-state index contributed by atoms with van der Waals surface area (Å²) >= 11 is 0. The Morgan fingerprint density at radius 3 is 1.89 bits per heavy atom. The number of para-hydroxylation sites is 1. The van der Waals surface area contributed by atoms with Gasteiger partial charge in [0.2, 0.25) is 0 Å². The van der Waals surface area contributed by atoms with Crippen molar-refractivity contribution in [3.63, 3.8) is 0 Å². The maximum atomic E-state index is 6.97. The highest BCUT2D eigenvalue weighted by Gasteiger charge is 2.37. The number of hydrogen-bond acceptors (Lipinski definition) is 4. The molecule has 5 aromatic carbocycles. The van der Waals surface area contributed by atoms with Crippen LogP contribution < -0.4 is 0 Å². The fraction of sp³-hybridized carbons (Fsp3) is 0.119. The minimum atomic E-state index is -0.0629. The van der Waals surface area contributed by atoms with E-state index in [0.717, 1.165) is 46.3 Å². The highest BCUT2D eigenvalue weighted by molar-refractivity contribution is 6.00. The molecule has 0 radical (unpaired) electrons. The number of allylic oxidation sites excluding steroid dienone is 1. The van der Waals surface area contributed by atoms with E-state index in [-0.39, 0.29) is 5.41 Å². The first-order chi connectivity index (χ1) is 22.6. The minimum Gasteiger partial charge on any atom is -0.455 e. The lowest BCUT2D eigenvalue weighted by atomic mass is 9.81. The molecule has 0 saturated heterocycles. The van der Waals surface area contributed by atoms with Crippen LogP contribution >= 0.6 is 0 Å². The molecule has 2 aliphatic carbocycles. The van der Waals surface area contributed by atoms with E-state index in [1.165, 1.54) is 39.0 Å². The molecular formula is C42H31N3O. The highest BCUT2D eigenvalue weighted by atomic mass is 16.3. The van der Waals surface area contributed by atoms with Crippen LogP contribution in [0.4, 0.5) is 0 Å². The zero-order chi connectivity index (χ0) is 30.8. The van der Waals surface area contributed by atoms with Gasteiger partial charge in [0.15, 0.2) is 17.5 Å². The van der Waals surface area contributed by atoms with Crippen molar-refractivity contribution < 1.29 is 4.42 Å². The van der Waals surface area contributed by atoms with Gasteiger partial charge in [0.05, 0.1) is 5.56 Å². The lowest BCUT2D eigenvalue weighted by Gasteiger charge is -2.22. The van der Waals surface area contributed by atoms with Crippen LogP contribution in [-0.2, 0) is 11.8 Å². The van der Waals surface area contributed by atoms with E-state index < -0.39 is 0 Å². The maximum Gasteiger partial charge on any atom is 0.167 e. The summed E-state index contributed by atoms with van der Waals surface area (Å²) in [6, 6.07) is 42.1. The summed E-state index contributed by atoms with van der Waals surface area (Å²) in [5.74, 6) is 2.83. The molecule has 220 valence electrons. The van der Waals surface area contributed by atoms with Crippen LogP contribution in [-0.4, -0.2) is 15.0 Å². The van der Waals surface area contributed by atoms with Crippen LogP contribution in [0.25, 0.3) is 61.8 Å². The van der Waals surface area contributed by atoms with E-state index in [1.54, 1.807) is 0 Å². The molecule has 2 heterocycles. The molecule has 2 aliphatic rings. The van der Waals surface area contributed by atoms with Crippen LogP contribution in [0.3, 0.4) is 0 Å². The Labute approximate surface area is 268 Å². The molecule has 0 spiro atoms. The van der Waals surface area contributed by atoms with Crippen LogP contribution in [0.1, 0.15) is 48.3 Å². The minimum absolute atomic E-state index is 0.0629. The molecule has 0 atom stereocenters. The van der Waals surface area contributed by atoms with Crippen molar-refractivity contribution in [1.29, 1.82) is 0 Å². The fourth-order valence-electron chi connectivity index (χ4n) is 7.41. The molecule has 0 aliphatic heterocycles. The standard InChI is InChI=1S/C42H31N3O/c1-42(2)34-24-10-9-18-32(34)36-28(19-13-25-35(36)42)29-20-11-21-30-31-22-12-23-33(38(31)46-37(29)30)41-44-39(26-14-5-3-6-15-26)43-40(45-41)27-16-7-4-8-17-27/h3-10,12-20,22-25H,11,21H2,1-2H3. The Morgan fingerprint density at radius 1 is 0.565 bits per heavy atom. The molecule has 2 aromatic heterocycles. The molecule has 4 nitrogen and oxygen atoms in total. The van der Waals surface area contributed by atoms with Gasteiger partial charge < -0.3 is 4.42 Å². The zero-order valence-electron chi connectivity index (χ0n) is 25.8. The number of aromatic nitrogens is 3. The summed E-state index contributed by atoms with van der Waals surface area (Å²) in [5.41, 5.74) is 12.5. The molecule has 0 saturated carbocycles. The Morgan fingerprint density at radius 2 is 1.15 bits per heavy atom. The van der Waals surface area contributed by atoms with Gasteiger partial charge in [-0.3, -0.25) is 0 Å². The molecule has 0 N–H and O–H groups in total. The van der Waals surface area contributed by atoms with Gasteiger partial charge in [0.1, 0.15) is 11.3 Å². The lowest BCUT2D eigenvalue weighted by Crippen LogP contribution is -2.14. The quantitative estimate of drug-likeness (QED) is 0.204. The van der Waals surface area contributed by atoms with Gasteiger partial charge in [-0.1, -0.05) is 135 Å². The van der Waals surface area contributed by atoms with Gasteiger partial charge in [-0.15, -0.1) is 0 Å². The Hall–Kier alpha value is -5.61. The second-order valence-corrected chi connectivity index (χ2v) is 12.7. The largest absolute Gasteiger partial charge is 0.455 e. The van der Waals surface area contributed by atoms with E-state index in [0.29, 0.717) is 17.5 Å². The van der Waals surface area contributed by atoms with Gasteiger partial charge in [0.25, 0.3) is 0 Å². The average molecular weight is 594 g/mol. The summed E-state index contributed by atoms with van der Waals surface area (Å²) in [6.45, 7) is 4.66. The molecule has 9 rings (SSSR count). The van der Waals surface area contributed by atoms with Gasteiger partial charge in [-0.25, -0.2) is 15.0 Å². The number of rotatable bonds is 4. The second-order valence-electron chi connectivity index (χ2n) is 12.7. The van der Waals surface area contributed by atoms with Crippen molar-refractivity contribution in [3.05, 3.63) is 155 Å². The Bertz CT molecular complexity index is 2270. The molecule has 0 amide bonds. The molecule has 0 unspecified atom stereocenters. The summed E-state index contributed by atoms with van der Waals surface area (Å²) in [4.78, 5) is 14.9.